The van der Waals surface area contributed by atoms with E-state index in [0.717, 1.165) is 37.1 Å². The zero-order chi connectivity index (χ0) is 24.3. The highest BCUT2D eigenvalue weighted by molar-refractivity contribution is 5.84. The number of Topliss-reactive ketones (excluding diaryl/α,β-unsaturated/α-hetero) is 1. The minimum atomic E-state index is 0. The fourth-order valence-corrected chi connectivity index (χ4v) is 6.55. The van der Waals surface area contributed by atoms with E-state index in [1.165, 1.54) is 60.2 Å². The Bertz CT molecular complexity index is 1290. The summed E-state index contributed by atoms with van der Waals surface area (Å²) in [5.41, 5.74) is 8.85. The molecule has 1 saturated heterocycles. The molecule has 3 aliphatic rings. The van der Waals surface area contributed by atoms with Crippen LogP contribution in [0.5, 0.6) is 0 Å². The summed E-state index contributed by atoms with van der Waals surface area (Å²) in [5, 5.41) is 0. The van der Waals surface area contributed by atoms with Crippen molar-refractivity contribution < 1.29 is 9.07 Å². The van der Waals surface area contributed by atoms with Crippen LogP contribution in [0.4, 0.5) is 5.69 Å². The van der Waals surface area contributed by atoms with Crippen molar-refractivity contribution in [3.8, 4) is 0 Å². The number of rotatable bonds is 7. The molecule has 2 aliphatic carbocycles. The molecule has 4 nitrogen and oxygen atoms in total. The van der Waals surface area contributed by atoms with Gasteiger partial charge in [0.1, 0.15) is 5.78 Å². The Morgan fingerprint density at radius 1 is 1.00 bits per heavy atom. The van der Waals surface area contributed by atoms with Gasteiger partial charge in [-0.25, -0.2) is 0 Å². The number of hydrogen-bond acceptors (Lipinski definition) is 4. The van der Waals surface area contributed by atoms with Crippen LogP contribution in [0.1, 0.15) is 88.2 Å². The third kappa shape index (κ3) is 4.86. The molecule has 1 saturated carbocycles. The number of anilines is 1. The summed E-state index contributed by atoms with van der Waals surface area (Å²) in [5.74, 6) is 1.31. The number of nitrogens with zero attached hydrogens (tertiary/aromatic N) is 3. The molecule has 3 heterocycles. The fourth-order valence-electron chi connectivity index (χ4n) is 6.55. The number of ketones is 1. The summed E-state index contributed by atoms with van der Waals surface area (Å²) in [4.78, 5) is 24.7. The highest BCUT2D eigenvalue weighted by Crippen LogP contribution is 2.43. The van der Waals surface area contributed by atoms with Gasteiger partial charge >= 0.3 is 0 Å². The molecular weight excluding hydrogens is 442 g/mol. The van der Waals surface area contributed by atoms with Crippen LogP contribution in [0.15, 0.2) is 61.1 Å². The highest BCUT2D eigenvalue weighted by atomic mass is 16.1. The second-order valence-corrected chi connectivity index (χ2v) is 10.8. The maximum absolute atomic E-state index is 13.1. The van der Waals surface area contributed by atoms with Crippen LogP contribution in [0.3, 0.4) is 0 Å². The molecule has 6 rings (SSSR count). The molecule has 1 aromatic carbocycles. The molecule has 2 unspecified atom stereocenters. The summed E-state index contributed by atoms with van der Waals surface area (Å²) in [7, 11) is 0. The smallest absolute Gasteiger partial charge is 0.141 e. The SMILES string of the molecule is O=C(Cc1cccc(C2CCCC(c3nccc4c3C=CC4)C2)c1)Cc1cnccc1N1CCCC1.[HH].[HH].[HH]. The average molecular weight is 484 g/mol. The molecule has 36 heavy (non-hydrogen) atoms. The van der Waals surface area contributed by atoms with Crippen LogP contribution in [-0.4, -0.2) is 28.8 Å². The van der Waals surface area contributed by atoms with Gasteiger partial charge in [0.25, 0.3) is 0 Å². The molecule has 0 bridgehead atoms. The second-order valence-electron chi connectivity index (χ2n) is 10.8. The van der Waals surface area contributed by atoms with Crippen molar-refractivity contribution >= 4 is 17.5 Å². The van der Waals surface area contributed by atoms with Crippen LogP contribution in [0, 0.1) is 0 Å². The molecule has 0 N–H and O–H groups in total. The lowest BCUT2D eigenvalue weighted by atomic mass is 9.75. The van der Waals surface area contributed by atoms with Crippen molar-refractivity contribution in [2.75, 3.05) is 18.0 Å². The standard InChI is InChI=1S/C32H35N3O.3H2/c36-29(21-28-22-33-14-13-31(28)35-16-1-2-17-35)19-23-6-3-8-25(18-23)26-9-4-10-27(20-26)32-30-11-5-7-24(30)12-15-34-32;;;/h3,5-6,8,11-15,18,22,26-27H,1-2,4,7,9-10,16-17,19-21H2;3*1H. The summed E-state index contributed by atoms with van der Waals surface area (Å²) in [6.07, 6.45) is 19.5. The van der Waals surface area contributed by atoms with E-state index in [1.54, 1.807) is 0 Å². The van der Waals surface area contributed by atoms with Gasteiger partial charge in [0.2, 0.25) is 0 Å². The van der Waals surface area contributed by atoms with Gasteiger partial charge in [-0.05, 0) is 78.8 Å². The normalized spacial score (nSPS) is 21.1. The second kappa shape index (κ2) is 10.4. The summed E-state index contributed by atoms with van der Waals surface area (Å²) in [6, 6.07) is 13.0. The first-order valence-corrected chi connectivity index (χ1v) is 13.7. The summed E-state index contributed by atoms with van der Waals surface area (Å²) >= 11 is 0. The number of hydrogen-bond donors (Lipinski definition) is 0. The van der Waals surface area contributed by atoms with Crippen molar-refractivity contribution in [3.05, 3.63) is 94.6 Å². The Morgan fingerprint density at radius 2 is 1.89 bits per heavy atom. The first-order chi connectivity index (χ1) is 17.7. The van der Waals surface area contributed by atoms with E-state index in [9.17, 15) is 4.79 Å². The van der Waals surface area contributed by atoms with E-state index in [-0.39, 0.29) is 10.1 Å². The van der Waals surface area contributed by atoms with Gasteiger partial charge < -0.3 is 4.90 Å². The first-order valence-electron chi connectivity index (χ1n) is 13.7. The van der Waals surface area contributed by atoms with E-state index < -0.39 is 0 Å². The first kappa shape index (κ1) is 23.1. The number of pyridine rings is 2. The number of carbonyl (C=O) groups excluding carboxylic acids is 1. The molecule has 2 atom stereocenters. The monoisotopic (exact) mass is 483 g/mol. The van der Waals surface area contributed by atoms with Crippen LogP contribution < -0.4 is 4.90 Å². The van der Waals surface area contributed by atoms with E-state index in [1.807, 2.05) is 18.6 Å². The number of fused-ring (bicyclic) bond motifs is 1. The number of aromatic nitrogens is 2. The fraction of sp³-hybridized carbons (Fsp3) is 0.406. The Morgan fingerprint density at radius 3 is 2.81 bits per heavy atom. The Labute approximate surface area is 218 Å². The molecule has 2 aromatic heterocycles. The van der Waals surface area contributed by atoms with Crippen LogP contribution >= 0.6 is 0 Å². The number of carbonyl (C=O) groups is 1. The van der Waals surface area contributed by atoms with Gasteiger partial charge in [-0.1, -0.05) is 42.8 Å². The van der Waals surface area contributed by atoms with E-state index in [0.29, 0.717) is 24.7 Å². The Kier molecular flexibility index (Phi) is 6.67. The molecule has 2 fully saturated rings. The predicted octanol–water partition coefficient (Wildman–Crippen LogP) is 7.18. The van der Waals surface area contributed by atoms with Crippen LogP contribution in [0.25, 0.3) is 6.08 Å². The molecule has 1 aliphatic heterocycles. The average Bonchev–Trinajstić information content (AvgIpc) is 3.62. The van der Waals surface area contributed by atoms with E-state index in [2.05, 4.69) is 58.4 Å². The lowest BCUT2D eigenvalue weighted by molar-refractivity contribution is -0.117. The molecular formula is C32H41N3O. The Balaban J connectivity index is 0.00000140. The van der Waals surface area contributed by atoms with Crippen molar-refractivity contribution in [1.82, 2.24) is 9.97 Å². The minimum Gasteiger partial charge on any atom is -0.371 e. The molecule has 0 radical (unpaired) electrons. The molecule has 190 valence electrons. The zero-order valence-electron chi connectivity index (χ0n) is 21.0. The van der Waals surface area contributed by atoms with Gasteiger partial charge in [0, 0.05) is 66.0 Å². The van der Waals surface area contributed by atoms with E-state index >= 15 is 0 Å². The Hall–Kier alpha value is -3.27. The van der Waals surface area contributed by atoms with Crippen molar-refractivity contribution in [2.24, 2.45) is 0 Å². The van der Waals surface area contributed by atoms with Crippen LogP contribution in [0.2, 0.25) is 0 Å². The zero-order valence-corrected chi connectivity index (χ0v) is 21.0. The summed E-state index contributed by atoms with van der Waals surface area (Å²) < 4.78 is 0. The molecule has 0 amide bonds. The van der Waals surface area contributed by atoms with E-state index in [4.69, 9.17) is 4.98 Å². The lowest BCUT2D eigenvalue weighted by Gasteiger charge is -2.30. The van der Waals surface area contributed by atoms with Gasteiger partial charge in [0.05, 0.1) is 5.69 Å². The van der Waals surface area contributed by atoms with Crippen molar-refractivity contribution in [2.45, 2.75) is 69.6 Å². The number of allylic oxidation sites excluding steroid dienone is 1. The van der Waals surface area contributed by atoms with Gasteiger partial charge in [-0.15, -0.1) is 0 Å². The predicted molar refractivity (Wildman–Crippen MR) is 152 cm³/mol. The lowest BCUT2D eigenvalue weighted by Crippen LogP contribution is -2.20. The maximum atomic E-state index is 13.1. The quantitative estimate of drug-likeness (QED) is 0.357. The van der Waals surface area contributed by atoms with Gasteiger partial charge in [-0.3, -0.25) is 14.8 Å². The van der Waals surface area contributed by atoms with Gasteiger partial charge in [-0.2, -0.15) is 0 Å². The third-order valence-electron chi connectivity index (χ3n) is 8.33. The molecule has 0 spiro atoms. The largest absolute Gasteiger partial charge is 0.371 e. The molecule has 4 heteroatoms. The third-order valence-corrected chi connectivity index (χ3v) is 8.33. The van der Waals surface area contributed by atoms with Gasteiger partial charge in [0.15, 0.2) is 0 Å². The molecule has 3 aromatic rings. The topological polar surface area (TPSA) is 46.1 Å². The highest BCUT2D eigenvalue weighted by Gasteiger charge is 2.28. The minimum absolute atomic E-state index is 0. The maximum Gasteiger partial charge on any atom is 0.141 e. The van der Waals surface area contributed by atoms with Crippen molar-refractivity contribution in [1.29, 1.82) is 0 Å². The number of benzene rings is 1. The van der Waals surface area contributed by atoms with Crippen LogP contribution in [-0.2, 0) is 24.1 Å². The van der Waals surface area contributed by atoms with Crippen molar-refractivity contribution in [3.63, 3.8) is 0 Å². The summed E-state index contributed by atoms with van der Waals surface area (Å²) in [6.45, 7) is 2.15.